The maximum absolute atomic E-state index is 11.0. The van der Waals surface area contributed by atoms with Crippen molar-refractivity contribution in [2.75, 3.05) is 5.94 Å². The number of rotatable bonds is 5. The third-order valence-electron chi connectivity index (χ3n) is 1.79. The summed E-state index contributed by atoms with van der Waals surface area (Å²) in [5, 5.41) is 0. The minimum atomic E-state index is -2.64. The zero-order valence-corrected chi connectivity index (χ0v) is 8.98. The van der Waals surface area contributed by atoms with Gasteiger partial charge in [0.05, 0.1) is 0 Å². The summed E-state index contributed by atoms with van der Waals surface area (Å²) in [4.78, 5) is 11.0. The first kappa shape index (κ1) is 11.7. The van der Waals surface area contributed by atoms with E-state index in [0.29, 0.717) is 6.42 Å². The summed E-state index contributed by atoms with van der Waals surface area (Å²) in [6.07, 6.45) is 0.766. The fourth-order valence-corrected chi connectivity index (χ4v) is 1.34. The first-order chi connectivity index (χ1) is 7.18. The van der Waals surface area contributed by atoms with Crippen molar-refractivity contribution in [2.45, 2.75) is 12.8 Å². The normalized spacial score (nSPS) is 10.2. The van der Waals surface area contributed by atoms with Crippen LogP contribution < -0.4 is 0 Å². The lowest BCUT2D eigenvalue weighted by Gasteiger charge is -2.00. The lowest BCUT2D eigenvalue weighted by molar-refractivity contribution is -0.141. The van der Waals surface area contributed by atoms with Gasteiger partial charge in [-0.3, -0.25) is 4.79 Å². The molecule has 0 aliphatic heterocycles. The summed E-state index contributed by atoms with van der Waals surface area (Å²) >= 11 is 0. The molecule has 0 aromatic heterocycles. The van der Waals surface area contributed by atoms with Crippen molar-refractivity contribution in [2.24, 2.45) is 0 Å². The highest BCUT2D eigenvalue weighted by molar-refractivity contribution is 7.72. The van der Waals surface area contributed by atoms with Crippen LogP contribution in [0.3, 0.4) is 0 Å². The van der Waals surface area contributed by atoms with Crippen molar-refractivity contribution in [3.8, 4) is 0 Å². The Balaban J connectivity index is 2.28. The van der Waals surface area contributed by atoms with Crippen molar-refractivity contribution >= 4 is 16.7 Å². The SMILES string of the molecule is O=C(CCc1ccccc1)OC[SH](=O)=O. The number of thiol groups is 1. The zero-order chi connectivity index (χ0) is 11.1. The van der Waals surface area contributed by atoms with Gasteiger partial charge in [0.1, 0.15) is 0 Å². The number of hydrogen-bond donors (Lipinski definition) is 1. The molecule has 1 aromatic carbocycles. The van der Waals surface area contributed by atoms with Crippen LogP contribution in [0, 0.1) is 0 Å². The lowest BCUT2D eigenvalue weighted by atomic mass is 10.1. The van der Waals surface area contributed by atoms with Gasteiger partial charge >= 0.3 is 5.97 Å². The standard InChI is InChI=1S/C10H12O4S/c11-10(14-8-15(12)13)7-6-9-4-2-1-3-5-9/h1-5,15H,6-8H2. The smallest absolute Gasteiger partial charge is 0.307 e. The number of ether oxygens (including phenoxy) is 1. The average Bonchev–Trinajstić information content (AvgIpc) is 2.25. The molecule has 5 heteroatoms. The van der Waals surface area contributed by atoms with Crippen LogP contribution in [-0.4, -0.2) is 20.3 Å². The predicted molar refractivity (Wildman–Crippen MR) is 56.0 cm³/mol. The van der Waals surface area contributed by atoms with Gasteiger partial charge in [0.25, 0.3) is 0 Å². The minimum absolute atomic E-state index is 0.202. The van der Waals surface area contributed by atoms with E-state index >= 15 is 0 Å². The van der Waals surface area contributed by atoms with Crippen LogP contribution in [0.2, 0.25) is 0 Å². The Morgan fingerprint density at radius 1 is 1.20 bits per heavy atom. The molecule has 0 amide bonds. The van der Waals surface area contributed by atoms with Crippen LogP contribution in [0.15, 0.2) is 30.3 Å². The molecule has 0 saturated heterocycles. The lowest BCUT2D eigenvalue weighted by Crippen LogP contribution is -2.07. The maximum Gasteiger partial charge on any atom is 0.307 e. The Morgan fingerprint density at radius 3 is 2.47 bits per heavy atom. The van der Waals surface area contributed by atoms with Gasteiger partial charge in [0.15, 0.2) is 16.6 Å². The molecule has 0 saturated carbocycles. The third-order valence-corrected chi connectivity index (χ3v) is 2.13. The summed E-state index contributed by atoms with van der Waals surface area (Å²) in [7, 11) is -2.64. The number of carbonyl (C=O) groups excluding carboxylic acids is 1. The van der Waals surface area contributed by atoms with Gasteiger partial charge in [-0.1, -0.05) is 30.3 Å². The highest BCUT2D eigenvalue weighted by Gasteiger charge is 2.03. The van der Waals surface area contributed by atoms with Crippen LogP contribution in [0.25, 0.3) is 0 Å². The average molecular weight is 228 g/mol. The zero-order valence-electron chi connectivity index (χ0n) is 8.09. The molecular weight excluding hydrogens is 216 g/mol. The van der Waals surface area contributed by atoms with E-state index in [1.54, 1.807) is 0 Å². The fourth-order valence-electron chi connectivity index (χ4n) is 1.09. The molecule has 15 heavy (non-hydrogen) atoms. The molecule has 0 heterocycles. The molecule has 0 radical (unpaired) electrons. The topological polar surface area (TPSA) is 60.4 Å². The first-order valence-corrected chi connectivity index (χ1v) is 5.86. The number of esters is 1. The van der Waals surface area contributed by atoms with E-state index in [9.17, 15) is 13.2 Å². The van der Waals surface area contributed by atoms with Crippen LogP contribution in [0.5, 0.6) is 0 Å². The molecule has 1 aromatic rings. The molecule has 0 unspecified atom stereocenters. The van der Waals surface area contributed by atoms with E-state index in [4.69, 9.17) is 0 Å². The van der Waals surface area contributed by atoms with Crippen molar-refractivity contribution in [3.63, 3.8) is 0 Å². The van der Waals surface area contributed by atoms with Crippen molar-refractivity contribution < 1.29 is 17.9 Å². The van der Waals surface area contributed by atoms with Crippen LogP contribution >= 0.6 is 0 Å². The van der Waals surface area contributed by atoms with Crippen LogP contribution in [-0.2, 0) is 26.7 Å². The fraction of sp³-hybridized carbons (Fsp3) is 0.300. The first-order valence-electron chi connectivity index (χ1n) is 4.50. The second-order valence-corrected chi connectivity index (χ2v) is 3.89. The molecule has 0 N–H and O–H groups in total. The highest BCUT2D eigenvalue weighted by atomic mass is 32.2. The quantitative estimate of drug-likeness (QED) is 0.596. The molecule has 0 fully saturated rings. The van der Waals surface area contributed by atoms with Crippen LogP contribution in [0.1, 0.15) is 12.0 Å². The predicted octanol–water partition coefficient (Wildman–Crippen LogP) is 0.731. The van der Waals surface area contributed by atoms with Crippen molar-refractivity contribution in [1.29, 1.82) is 0 Å². The van der Waals surface area contributed by atoms with Crippen molar-refractivity contribution in [3.05, 3.63) is 35.9 Å². The molecular formula is C10H12O4S. The summed E-state index contributed by atoms with van der Waals surface area (Å²) in [5.41, 5.74) is 1.03. The molecule has 0 aliphatic rings. The molecule has 0 bridgehead atoms. The minimum Gasteiger partial charge on any atom is -0.450 e. The van der Waals surface area contributed by atoms with Gasteiger partial charge < -0.3 is 4.74 Å². The second-order valence-electron chi connectivity index (χ2n) is 2.96. The monoisotopic (exact) mass is 228 g/mol. The van der Waals surface area contributed by atoms with Crippen LogP contribution in [0.4, 0.5) is 0 Å². The molecule has 0 spiro atoms. The van der Waals surface area contributed by atoms with Crippen molar-refractivity contribution in [1.82, 2.24) is 0 Å². The second kappa shape index (κ2) is 6.19. The molecule has 4 nitrogen and oxygen atoms in total. The van der Waals surface area contributed by atoms with E-state index in [0.717, 1.165) is 5.56 Å². The summed E-state index contributed by atoms with van der Waals surface area (Å²) in [6.45, 7) is 0. The Morgan fingerprint density at radius 2 is 1.87 bits per heavy atom. The van der Waals surface area contributed by atoms with E-state index in [1.807, 2.05) is 30.3 Å². The summed E-state index contributed by atoms with van der Waals surface area (Å²) < 4.78 is 24.8. The van der Waals surface area contributed by atoms with E-state index in [-0.39, 0.29) is 6.42 Å². The van der Waals surface area contributed by atoms with Gasteiger partial charge in [-0.2, -0.15) is 0 Å². The number of carbonyl (C=O) groups is 1. The Labute approximate surface area is 89.8 Å². The summed E-state index contributed by atoms with van der Waals surface area (Å²) in [5.74, 6) is -1.01. The molecule has 0 atom stereocenters. The number of aryl methyl sites for hydroxylation is 1. The number of hydrogen-bond acceptors (Lipinski definition) is 4. The van der Waals surface area contributed by atoms with E-state index in [1.165, 1.54) is 0 Å². The van der Waals surface area contributed by atoms with E-state index in [2.05, 4.69) is 4.74 Å². The molecule has 0 aliphatic carbocycles. The van der Waals surface area contributed by atoms with Gasteiger partial charge in [-0.25, -0.2) is 8.42 Å². The molecule has 82 valence electrons. The third kappa shape index (κ3) is 5.17. The largest absolute Gasteiger partial charge is 0.450 e. The van der Waals surface area contributed by atoms with Gasteiger partial charge in [0, 0.05) is 6.42 Å². The van der Waals surface area contributed by atoms with Gasteiger partial charge in [-0.05, 0) is 12.0 Å². The van der Waals surface area contributed by atoms with Gasteiger partial charge in [0.2, 0.25) is 0 Å². The highest BCUT2D eigenvalue weighted by Crippen LogP contribution is 2.02. The number of benzene rings is 1. The molecule has 1 rings (SSSR count). The Hall–Kier alpha value is -1.36. The maximum atomic E-state index is 11.0. The Bertz CT molecular complexity index is 376. The van der Waals surface area contributed by atoms with Gasteiger partial charge in [-0.15, -0.1) is 0 Å². The van der Waals surface area contributed by atoms with E-state index < -0.39 is 22.6 Å². The summed E-state index contributed by atoms with van der Waals surface area (Å²) in [6, 6.07) is 9.47. The Kier molecular flexibility index (Phi) is 4.83.